The van der Waals surface area contributed by atoms with Gasteiger partial charge in [-0.2, -0.15) is 5.10 Å². The molecule has 0 saturated carbocycles. The zero-order valence-corrected chi connectivity index (χ0v) is 32.9. The summed E-state index contributed by atoms with van der Waals surface area (Å²) in [6, 6.07) is 6.85. The Hall–Kier alpha value is -5.58. The SMILES string of the molecule is CC(C)C[C@@H]1NC(=O)CN(C(=O)CCc2ccnn2C)CCN(C)C(=O)[C@H](C)NC(=O)CN(C)C(=O)[C@@H](Cc2c[nH]c3ccccc23)NC(=O)c2csc1n2. The predicted octanol–water partition coefficient (Wildman–Crippen LogP) is 1.80. The number of hydrogen-bond donors (Lipinski definition) is 4. The van der Waals surface area contributed by atoms with E-state index in [0.29, 0.717) is 17.8 Å². The van der Waals surface area contributed by atoms with Gasteiger partial charge in [-0.3, -0.25) is 33.4 Å². The third-order valence-corrected chi connectivity index (χ3v) is 10.5. The largest absolute Gasteiger partial charge is 0.361 e. The zero-order chi connectivity index (χ0) is 39.8. The number of carbonyl (C=O) groups excluding carboxylic acids is 6. The maximum atomic E-state index is 13.9. The Kier molecular flexibility index (Phi) is 13.4. The van der Waals surface area contributed by atoms with E-state index in [-0.39, 0.29) is 56.5 Å². The third kappa shape index (κ3) is 10.6. The molecule has 5 rings (SSSR count). The van der Waals surface area contributed by atoms with Crippen LogP contribution in [0.5, 0.6) is 0 Å². The number of carbonyl (C=O) groups is 6. The second kappa shape index (κ2) is 18.2. The Balaban J connectivity index is 1.43. The highest BCUT2D eigenvalue weighted by atomic mass is 32.1. The van der Waals surface area contributed by atoms with Crippen molar-refractivity contribution in [2.24, 2.45) is 13.0 Å². The molecule has 6 amide bonds. The molecular weight excluding hydrogens is 725 g/mol. The molecule has 0 radical (unpaired) electrons. The van der Waals surface area contributed by atoms with Crippen molar-refractivity contribution >= 4 is 57.7 Å². The van der Waals surface area contributed by atoms with Gasteiger partial charge in [-0.05, 0) is 43.4 Å². The summed E-state index contributed by atoms with van der Waals surface area (Å²) in [5.74, 6) is -2.65. The fourth-order valence-corrected chi connectivity index (χ4v) is 7.42. The summed E-state index contributed by atoms with van der Waals surface area (Å²) < 4.78 is 1.68. The number of thiazole rings is 1. The number of nitrogens with one attached hydrogen (secondary N) is 4. The van der Waals surface area contributed by atoms with Gasteiger partial charge in [0.25, 0.3) is 5.91 Å². The maximum Gasteiger partial charge on any atom is 0.271 e. The third-order valence-electron chi connectivity index (χ3n) is 9.59. The molecule has 16 nitrogen and oxygen atoms in total. The number of likely N-dealkylation sites (N-methyl/N-ethyl adjacent to an activating group) is 2. The molecule has 1 aliphatic rings. The van der Waals surface area contributed by atoms with Crippen LogP contribution in [0.15, 0.2) is 48.1 Å². The highest BCUT2D eigenvalue weighted by molar-refractivity contribution is 7.09. The lowest BCUT2D eigenvalue weighted by atomic mass is 10.0. The highest BCUT2D eigenvalue weighted by Crippen LogP contribution is 2.25. The van der Waals surface area contributed by atoms with Gasteiger partial charge in [-0.1, -0.05) is 32.0 Å². The molecule has 0 fully saturated rings. The van der Waals surface area contributed by atoms with E-state index >= 15 is 0 Å². The second-order valence-electron chi connectivity index (χ2n) is 14.4. The van der Waals surface area contributed by atoms with Gasteiger partial charge in [-0.15, -0.1) is 11.3 Å². The van der Waals surface area contributed by atoms with Gasteiger partial charge in [0.15, 0.2) is 0 Å². The first-order chi connectivity index (χ1) is 26.2. The molecular formula is C38H50N10O6S. The molecule has 0 unspecified atom stereocenters. The number of aryl methyl sites for hydroxylation is 2. The first kappa shape index (κ1) is 40.6. The molecule has 3 aromatic heterocycles. The van der Waals surface area contributed by atoms with Crippen molar-refractivity contribution in [1.82, 2.24) is 50.4 Å². The number of nitrogens with zero attached hydrogens (tertiary/aromatic N) is 6. The van der Waals surface area contributed by atoms with E-state index in [4.69, 9.17) is 0 Å². The number of amides is 6. The molecule has 3 atom stereocenters. The van der Waals surface area contributed by atoms with E-state index in [1.54, 1.807) is 36.6 Å². The maximum absolute atomic E-state index is 13.9. The summed E-state index contributed by atoms with van der Waals surface area (Å²) in [5, 5.41) is 15.7. The van der Waals surface area contributed by atoms with Crippen LogP contribution in [-0.2, 0) is 43.9 Å². The monoisotopic (exact) mass is 774 g/mol. The minimum absolute atomic E-state index is 0.0615. The number of benzene rings is 1. The van der Waals surface area contributed by atoms with Crippen LogP contribution in [0.3, 0.4) is 0 Å². The Morgan fingerprint density at radius 3 is 2.38 bits per heavy atom. The summed E-state index contributed by atoms with van der Waals surface area (Å²) in [6.07, 6.45) is 4.60. The first-order valence-electron chi connectivity index (χ1n) is 18.3. The Morgan fingerprint density at radius 2 is 1.65 bits per heavy atom. The Labute approximate surface area is 324 Å². The van der Waals surface area contributed by atoms with Crippen LogP contribution in [0.1, 0.15) is 66.4 Å². The summed E-state index contributed by atoms with van der Waals surface area (Å²) in [6.45, 7) is 5.07. The molecule has 1 aliphatic heterocycles. The molecule has 294 valence electrons. The number of H-pyrrole nitrogens is 1. The standard InChI is InChI=1S/C38H50N10O6S/c1-23(2)17-29-36-44-31(22-55-36)35(52)43-30(18-25-19-39-28-10-8-7-9-27(25)28)38(54)46(5)20-32(49)41-24(3)37(53)45(4)15-16-48(21-33(50)42-29)34(51)12-11-26-13-14-40-47(26)6/h7-10,13-14,19,22-24,29-30,39H,11-12,15-18,20-21H2,1-6H3,(H,41,49)(H,42,50)(H,43,52)/t24-,29-,30+/m0/s1. The lowest BCUT2D eigenvalue weighted by Gasteiger charge is -2.28. The number of aromatic amines is 1. The van der Waals surface area contributed by atoms with E-state index < -0.39 is 47.7 Å². The fraction of sp³-hybridized carbons (Fsp3) is 0.474. The summed E-state index contributed by atoms with van der Waals surface area (Å²) in [5.41, 5.74) is 2.60. The fourth-order valence-electron chi connectivity index (χ4n) is 6.56. The first-order valence-corrected chi connectivity index (χ1v) is 19.2. The quantitative estimate of drug-likeness (QED) is 0.218. The van der Waals surface area contributed by atoms with Crippen molar-refractivity contribution in [2.45, 2.75) is 64.6 Å². The molecule has 1 aromatic carbocycles. The van der Waals surface area contributed by atoms with Crippen LogP contribution in [-0.4, -0.2) is 122 Å². The second-order valence-corrected chi connectivity index (χ2v) is 15.3. The van der Waals surface area contributed by atoms with Gasteiger partial charge in [0, 0.05) is 81.4 Å². The van der Waals surface area contributed by atoms with Gasteiger partial charge in [-0.25, -0.2) is 4.98 Å². The number of hydrogen-bond acceptors (Lipinski definition) is 9. The molecule has 55 heavy (non-hydrogen) atoms. The average Bonchev–Trinajstić information content (AvgIpc) is 3.90. The van der Waals surface area contributed by atoms with Crippen molar-refractivity contribution in [1.29, 1.82) is 0 Å². The van der Waals surface area contributed by atoms with E-state index in [9.17, 15) is 28.8 Å². The number of fused-ring (bicyclic) bond motifs is 3. The van der Waals surface area contributed by atoms with Crippen molar-refractivity contribution in [3.8, 4) is 0 Å². The van der Waals surface area contributed by atoms with Gasteiger partial charge in [0.2, 0.25) is 29.5 Å². The topological polar surface area (TPSA) is 195 Å². The van der Waals surface area contributed by atoms with Gasteiger partial charge >= 0.3 is 0 Å². The van der Waals surface area contributed by atoms with Crippen molar-refractivity contribution in [2.75, 3.05) is 40.3 Å². The molecule has 0 spiro atoms. The van der Waals surface area contributed by atoms with Crippen molar-refractivity contribution < 1.29 is 28.8 Å². The molecule has 4 aromatic rings. The molecule has 4 N–H and O–H groups in total. The van der Waals surface area contributed by atoms with Crippen molar-refractivity contribution in [3.05, 3.63) is 70.1 Å². The van der Waals surface area contributed by atoms with E-state index in [1.165, 1.54) is 40.0 Å². The number of para-hydroxylation sites is 1. The van der Waals surface area contributed by atoms with Crippen LogP contribution in [0, 0.1) is 5.92 Å². The molecule has 0 saturated heterocycles. The van der Waals surface area contributed by atoms with E-state index in [2.05, 4.69) is 31.0 Å². The normalized spacial score (nSPS) is 20.0. The zero-order valence-electron chi connectivity index (χ0n) is 32.1. The summed E-state index contributed by atoms with van der Waals surface area (Å²) >= 11 is 1.21. The lowest BCUT2D eigenvalue weighted by molar-refractivity contribution is -0.139. The molecule has 2 bridgehead atoms. The number of aromatic nitrogens is 4. The minimum atomic E-state index is -1.07. The lowest BCUT2D eigenvalue weighted by Crippen LogP contribution is -2.53. The van der Waals surface area contributed by atoms with Crippen LogP contribution in [0.2, 0.25) is 0 Å². The summed E-state index contributed by atoms with van der Waals surface area (Å²) in [4.78, 5) is 93.3. The van der Waals surface area contributed by atoms with Crippen LogP contribution in [0.25, 0.3) is 10.9 Å². The van der Waals surface area contributed by atoms with Crippen LogP contribution < -0.4 is 16.0 Å². The minimum Gasteiger partial charge on any atom is -0.361 e. The molecule has 17 heteroatoms. The van der Waals surface area contributed by atoms with Gasteiger partial charge in [0.1, 0.15) is 22.8 Å². The average molecular weight is 775 g/mol. The van der Waals surface area contributed by atoms with Gasteiger partial charge in [0.05, 0.1) is 19.1 Å². The van der Waals surface area contributed by atoms with E-state index in [0.717, 1.165) is 22.2 Å². The molecule has 4 heterocycles. The highest BCUT2D eigenvalue weighted by Gasteiger charge is 2.30. The number of rotatable bonds is 7. The Bertz CT molecular complexity index is 2020. The van der Waals surface area contributed by atoms with Crippen molar-refractivity contribution in [3.63, 3.8) is 0 Å². The molecule has 0 aliphatic carbocycles. The Morgan fingerprint density at radius 1 is 0.909 bits per heavy atom. The van der Waals surface area contributed by atoms with Gasteiger partial charge < -0.3 is 35.6 Å². The van der Waals surface area contributed by atoms with Crippen LogP contribution >= 0.6 is 11.3 Å². The van der Waals surface area contributed by atoms with Crippen LogP contribution in [0.4, 0.5) is 0 Å². The predicted molar refractivity (Wildman–Crippen MR) is 207 cm³/mol. The summed E-state index contributed by atoms with van der Waals surface area (Å²) in [7, 11) is 4.81. The smallest absolute Gasteiger partial charge is 0.271 e. The van der Waals surface area contributed by atoms with E-state index in [1.807, 2.05) is 44.2 Å².